The van der Waals surface area contributed by atoms with Gasteiger partial charge in [0.05, 0.1) is 27.8 Å². The summed E-state index contributed by atoms with van der Waals surface area (Å²) >= 11 is 7.02. The maximum absolute atomic E-state index is 13.8. The van der Waals surface area contributed by atoms with E-state index >= 15 is 0 Å². The molecule has 0 spiro atoms. The highest BCUT2D eigenvalue weighted by molar-refractivity contribution is 7.15. The van der Waals surface area contributed by atoms with E-state index in [1.807, 2.05) is 0 Å². The molecule has 1 heterocycles. The second kappa shape index (κ2) is 7.84. The van der Waals surface area contributed by atoms with Crippen molar-refractivity contribution >= 4 is 22.9 Å². The standard InChI is InChI=1S/C18H12ClF4NO2S/c19-12-2-1-3-13(20)16(12)26-9-14-15(8-25)27-17(24-14)10-4-6-11(7-5-10)18(21,22)23/h1-7,25H,8-9H2. The summed E-state index contributed by atoms with van der Waals surface area (Å²) in [4.78, 5) is 4.77. The third kappa shape index (κ3) is 4.40. The Morgan fingerprint density at radius 1 is 1.11 bits per heavy atom. The number of rotatable bonds is 5. The van der Waals surface area contributed by atoms with Crippen molar-refractivity contribution in [2.75, 3.05) is 0 Å². The number of aliphatic hydroxyl groups excluding tert-OH is 1. The number of ether oxygens (including phenoxy) is 1. The number of hydrogen-bond donors (Lipinski definition) is 1. The average molecular weight is 418 g/mol. The molecule has 0 unspecified atom stereocenters. The van der Waals surface area contributed by atoms with Gasteiger partial charge in [0.2, 0.25) is 0 Å². The summed E-state index contributed by atoms with van der Waals surface area (Å²) < 4.78 is 57.2. The molecule has 0 saturated heterocycles. The molecule has 3 nitrogen and oxygen atoms in total. The highest BCUT2D eigenvalue weighted by atomic mass is 35.5. The van der Waals surface area contributed by atoms with E-state index in [-0.39, 0.29) is 24.0 Å². The van der Waals surface area contributed by atoms with Crippen LogP contribution >= 0.6 is 22.9 Å². The van der Waals surface area contributed by atoms with Crippen molar-refractivity contribution in [1.29, 1.82) is 0 Å². The van der Waals surface area contributed by atoms with E-state index in [1.165, 1.54) is 30.3 Å². The molecule has 1 aromatic heterocycles. The van der Waals surface area contributed by atoms with Crippen molar-refractivity contribution in [2.45, 2.75) is 19.4 Å². The molecule has 1 N–H and O–H groups in total. The molecule has 27 heavy (non-hydrogen) atoms. The average Bonchev–Trinajstić information content (AvgIpc) is 3.04. The number of nitrogens with zero attached hydrogens (tertiary/aromatic N) is 1. The molecule has 3 rings (SSSR count). The summed E-state index contributed by atoms with van der Waals surface area (Å²) in [6.07, 6.45) is -4.42. The quantitative estimate of drug-likeness (QED) is 0.542. The highest BCUT2D eigenvalue weighted by Crippen LogP contribution is 2.34. The Morgan fingerprint density at radius 2 is 1.81 bits per heavy atom. The van der Waals surface area contributed by atoms with E-state index in [1.54, 1.807) is 0 Å². The molecule has 9 heteroatoms. The van der Waals surface area contributed by atoms with E-state index in [9.17, 15) is 22.7 Å². The van der Waals surface area contributed by atoms with Gasteiger partial charge in [-0.3, -0.25) is 0 Å². The van der Waals surface area contributed by atoms with Crippen LogP contribution in [-0.2, 0) is 19.4 Å². The number of hydrogen-bond acceptors (Lipinski definition) is 4. The lowest BCUT2D eigenvalue weighted by atomic mass is 10.1. The van der Waals surface area contributed by atoms with E-state index in [0.717, 1.165) is 23.5 Å². The second-order valence-corrected chi connectivity index (χ2v) is 6.95. The lowest BCUT2D eigenvalue weighted by Crippen LogP contribution is -2.04. The van der Waals surface area contributed by atoms with Gasteiger partial charge in [-0.2, -0.15) is 13.2 Å². The number of alkyl halides is 3. The smallest absolute Gasteiger partial charge is 0.416 e. The van der Waals surface area contributed by atoms with Gasteiger partial charge in [0.1, 0.15) is 11.6 Å². The van der Waals surface area contributed by atoms with Crippen LogP contribution in [0.4, 0.5) is 17.6 Å². The fourth-order valence-corrected chi connectivity index (χ4v) is 3.45. The lowest BCUT2D eigenvalue weighted by molar-refractivity contribution is -0.137. The van der Waals surface area contributed by atoms with Gasteiger partial charge in [-0.05, 0) is 24.3 Å². The van der Waals surface area contributed by atoms with Crippen molar-refractivity contribution in [1.82, 2.24) is 4.98 Å². The number of aromatic nitrogens is 1. The third-order valence-corrected chi connectivity index (χ3v) is 5.08. The Balaban J connectivity index is 1.83. The molecular formula is C18H12ClF4NO2S. The lowest BCUT2D eigenvalue weighted by Gasteiger charge is -2.08. The van der Waals surface area contributed by atoms with Crippen LogP contribution in [0.2, 0.25) is 5.02 Å². The van der Waals surface area contributed by atoms with Crippen LogP contribution in [0.15, 0.2) is 42.5 Å². The molecule has 0 saturated carbocycles. The van der Waals surface area contributed by atoms with Crippen molar-refractivity contribution < 1.29 is 27.4 Å². The van der Waals surface area contributed by atoms with Crippen LogP contribution in [0, 0.1) is 5.82 Å². The monoisotopic (exact) mass is 417 g/mol. The van der Waals surface area contributed by atoms with Gasteiger partial charge < -0.3 is 9.84 Å². The molecule has 0 aliphatic carbocycles. The molecule has 0 atom stereocenters. The molecule has 0 radical (unpaired) electrons. The summed E-state index contributed by atoms with van der Waals surface area (Å²) in [5, 5.41) is 10.0. The zero-order chi connectivity index (χ0) is 19.6. The first-order valence-corrected chi connectivity index (χ1v) is 8.83. The number of para-hydroxylation sites is 1. The minimum atomic E-state index is -4.42. The SMILES string of the molecule is OCc1sc(-c2ccc(C(F)(F)F)cc2)nc1COc1c(F)cccc1Cl. The van der Waals surface area contributed by atoms with E-state index in [2.05, 4.69) is 4.98 Å². The van der Waals surface area contributed by atoms with E-state index in [4.69, 9.17) is 16.3 Å². The van der Waals surface area contributed by atoms with E-state index in [0.29, 0.717) is 21.1 Å². The fourth-order valence-electron chi connectivity index (χ4n) is 2.31. The number of aliphatic hydroxyl groups is 1. The normalized spacial score (nSPS) is 11.6. The first-order valence-electron chi connectivity index (χ1n) is 7.63. The molecule has 0 fully saturated rings. The molecule has 0 aliphatic rings. The Morgan fingerprint density at radius 3 is 2.41 bits per heavy atom. The van der Waals surface area contributed by atoms with Crippen LogP contribution in [0.3, 0.4) is 0 Å². The van der Waals surface area contributed by atoms with E-state index < -0.39 is 17.6 Å². The summed E-state index contributed by atoms with van der Waals surface area (Å²) in [5.41, 5.74) is 0.0672. The van der Waals surface area contributed by atoms with Crippen LogP contribution < -0.4 is 4.74 Å². The molecule has 0 bridgehead atoms. The zero-order valence-corrected chi connectivity index (χ0v) is 15.1. The maximum atomic E-state index is 13.8. The molecule has 0 amide bonds. The van der Waals surface area contributed by atoms with Crippen molar-refractivity contribution in [2.24, 2.45) is 0 Å². The summed E-state index contributed by atoms with van der Waals surface area (Å²) in [5.74, 6) is -0.765. The highest BCUT2D eigenvalue weighted by Gasteiger charge is 2.30. The minimum Gasteiger partial charge on any atom is -0.483 e. The van der Waals surface area contributed by atoms with Crippen molar-refractivity contribution in [3.63, 3.8) is 0 Å². The van der Waals surface area contributed by atoms with Crippen molar-refractivity contribution in [3.8, 4) is 16.3 Å². The van der Waals surface area contributed by atoms with Crippen LogP contribution in [-0.4, -0.2) is 10.1 Å². The largest absolute Gasteiger partial charge is 0.483 e. The van der Waals surface area contributed by atoms with Gasteiger partial charge in [0, 0.05) is 5.56 Å². The first kappa shape index (κ1) is 19.6. The van der Waals surface area contributed by atoms with Crippen LogP contribution in [0.25, 0.3) is 10.6 Å². The Kier molecular flexibility index (Phi) is 5.69. The van der Waals surface area contributed by atoms with Gasteiger partial charge >= 0.3 is 6.18 Å². The number of benzene rings is 2. The Bertz CT molecular complexity index is 921. The molecule has 0 aliphatic heterocycles. The van der Waals surface area contributed by atoms with Crippen LogP contribution in [0.1, 0.15) is 16.1 Å². The van der Waals surface area contributed by atoms with Gasteiger partial charge in [-0.25, -0.2) is 9.37 Å². The molecule has 2 aromatic carbocycles. The molecule has 3 aromatic rings. The maximum Gasteiger partial charge on any atom is 0.416 e. The van der Waals surface area contributed by atoms with Gasteiger partial charge in [0.15, 0.2) is 11.6 Å². The Hall–Kier alpha value is -2.16. The van der Waals surface area contributed by atoms with Gasteiger partial charge in [-0.15, -0.1) is 11.3 Å². The number of halogens is 5. The fraction of sp³-hybridized carbons (Fsp3) is 0.167. The second-order valence-electron chi connectivity index (χ2n) is 5.46. The predicted molar refractivity (Wildman–Crippen MR) is 94.2 cm³/mol. The zero-order valence-electron chi connectivity index (χ0n) is 13.6. The number of thiazole rings is 1. The third-order valence-electron chi connectivity index (χ3n) is 3.65. The van der Waals surface area contributed by atoms with Crippen molar-refractivity contribution in [3.05, 3.63) is 69.4 Å². The molecular weight excluding hydrogens is 406 g/mol. The predicted octanol–water partition coefficient (Wildman–Crippen LogP) is 5.69. The summed E-state index contributed by atoms with van der Waals surface area (Å²) in [6, 6.07) is 8.65. The summed E-state index contributed by atoms with van der Waals surface area (Å²) in [6.45, 7) is -0.477. The summed E-state index contributed by atoms with van der Waals surface area (Å²) in [7, 11) is 0. The Labute approximate surface area is 160 Å². The minimum absolute atomic E-state index is 0.0961. The van der Waals surface area contributed by atoms with Gasteiger partial charge in [-0.1, -0.05) is 29.8 Å². The van der Waals surface area contributed by atoms with Crippen LogP contribution in [0.5, 0.6) is 5.75 Å². The molecule has 142 valence electrons. The first-order chi connectivity index (χ1) is 12.8. The topological polar surface area (TPSA) is 42.4 Å². The van der Waals surface area contributed by atoms with Gasteiger partial charge in [0.25, 0.3) is 0 Å².